The lowest BCUT2D eigenvalue weighted by Gasteiger charge is -2.33. The standard InChI is InChI=1S/C24H26N2O2S/c1-18-7-9-20(10-8-18)22-11-14-29-23(22)24(27)25-15-21-17-26(12-13-28-21)16-19-5-3-2-4-6-19/h2-11,14,21H,12-13,15-17H2,1H3,(H,25,27). The predicted molar refractivity (Wildman–Crippen MR) is 118 cm³/mol. The average molecular weight is 407 g/mol. The van der Waals surface area contributed by atoms with E-state index in [2.05, 4.69) is 65.7 Å². The van der Waals surface area contributed by atoms with E-state index in [1.807, 2.05) is 17.5 Å². The molecule has 0 bridgehead atoms. The summed E-state index contributed by atoms with van der Waals surface area (Å²) in [7, 11) is 0. The van der Waals surface area contributed by atoms with Crippen molar-refractivity contribution in [3.05, 3.63) is 82.0 Å². The zero-order valence-electron chi connectivity index (χ0n) is 16.6. The fourth-order valence-corrected chi connectivity index (χ4v) is 4.45. The van der Waals surface area contributed by atoms with E-state index < -0.39 is 0 Å². The molecular formula is C24H26N2O2S. The van der Waals surface area contributed by atoms with Crippen molar-refractivity contribution in [3.8, 4) is 11.1 Å². The topological polar surface area (TPSA) is 41.6 Å². The van der Waals surface area contributed by atoms with Crippen LogP contribution in [0.4, 0.5) is 0 Å². The molecule has 0 saturated carbocycles. The lowest BCUT2D eigenvalue weighted by Crippen LogP contribution is -2.47. The molecule has 1 amide bonds. The minimum Gasteiger partial charge on any atom is -0.374 e. The molecular weight excluding hydrogens is 380 g/mol. The summed E-state index contributed by atoms with van der Waals surface area (Å²) >= 11 is 1.48. The van der Waals surface area contributed by atoms with Gasteiger partial charge in [0, 0.05) is 31.7 Å². The molecule has 1 fully saturated rings. The van der Waals surface area contributed by atoms with Crippen molar-refractivity contribution in [3.63, 3.8) is 0 Å². The summed E-state index contributed by atoms with van der Waals surface area (Å²) in [5.74, 6) is -0.0284. The number of nitrogens with one attached hydrogen (secondary N) is 1. The van der Waals surface area contributed by atoms with Crippen LogP contribution in [-0.2, 0) is 11.3 Å². The quantitative estimate of drug-likeness (QED) is 0.662. The van der Waals surface area contributed by atoms with Crippen LogP contribution in [0.15, 0.2) is 66.0 Å². The number of carbonyl (C=O) groups excluding carboxylic acids is 1. The number of benzene rings is 2. The highest BCUT2D eigenvalue weighted by Crippen LogP contribution is 2.28. The maximum absolute atomic E-state index is 12.8. The molecule has 150 valence electrons. The Hall–Kier alpha value is -2.47. The molecule has 0 radical (unpaired) electrons. The number of thiophene rings is 1. The molecule has 0 aliphatic carbocycles. The first-order chi connectivity index (χ1) is 14.2. The molecule has 1 saturated heterocycles. The fraction of sp³-hybridized carbons (Fsp3) is 0.292. The van der Waals surface area contributed by atoms with Gasteiger partial charge in [-0.2, -0.15) is 0 Å². The molecule has 1 aromatic heterocycles. The van der Waals surface area contributed by atoms with Crippen molar-refractivity contribution in [1.82, 2.24) is 10.2 Å². The van der Waals surface area contributed by atoms with Gasteiger partial charge in [0.2, 0.25) is 0 Å². The number of nitrogens with zero attached hydrogens (tertiary/aromatic N) is 1. The molecule has 1 N–H and O–H groups in total. The van der Waals surface area contributed by atoms with Gasteiger partial charge in [-0.1, -0.05) is 60.2 Å². The van der Waals surface area contributed by atoms with Gasteiger partial charge in [-0.25, -0.2) is 0 Å². The van der Waals surface area contributed by atoms with E-state index in [1.165, 1.54) is 22.5 Å². The van der Waals surface area contributed by atoms with Crippen LogP contribution in [0.2, 0.25) is 0 Å². The van der Waals surface area contributed by atoms with Crippen molar-refractivity contribution in [1.29, 1.82) is 0 Å². The number of aryl methyl sites for hydroxylation is 1. The second-order valence-corrected chi connectivity index (χ2v) is 8.37. The second-order valence-electron chi connectivity index (χ2n) is 7.45. The number of rotatable bonds is 6. The van der Waals surface area contributed by atoms with Crippen LogP contribution in [0.3, 0.4) is 0 Å². The van der Waals surface area contributed by atoms with Crippen molar-refractivity contribution in [2.45, 2.75) is 19.6 Å². The summed E-state index contributed by atoms with van der Waals surface area (Å²) in [5.41, 5.74) is 4.58. The Morgan fingerprint density at radius 1 is 1.14 bits per heavy atom. The van der Waals surface area contributed by atoms with Crippen LogP contribution in [0, 0.1) is 6.92 Å². The molecule has 2 aromatic carbocycles. The van der Waals surface area contributed by atoms with E-state index in [-0.39, 0.29) is 12.0 Å². The first kappa shape index (κ1) is 19.8. The molecule has 4 nitrogen and oxygen atoms in total. The highest BCUT2D eigenvalue weighted by Gasteiger charge is 2.22. The lowest BCUT2D eigenvalue weighted by atomic mass is 10.0. The van der Waals surface area contributed by atoms with Gasteiger partial charge in [-0.3, -0.25) is 9.69 Å². The summed E-state index contributed by atoms with van der Waals surface area (Å²) in [6, 6.07) is 20.8. The SMILES string of the molecule is Cc1ccc(-c2ccsc2C(=O)NCC2CN(Cc3ccccc3)CCO2)cc1. The van der Waals surface area contributed by atoms with E-state index in [9.17, 15) is 4.79 Å². The largest absolute Gasteiger partial charge is 0.374 e. The summed E-state index contributed by atoms with van der Waals surface area (Å²) in [4.78, 5) is 16.0. The first-order valence-corrected chi connectivity index (χ1v) is 10.9. The Labute approximate surface area is 176 Å². The molecule has 1 unspecified atom stereocenters. The molecule has 29 heavy (non-hydrogen) atoms. The Kier molecular flexibility index (Phi) is 6.39. The van der Waals surface area contributed by atoms with Crippen molar-refractivity contribution in [2.75, 3.05) is 26.2 Å². The molecule has 1 aliphatic rings. The highest BCUT2D eigenvalue weighted by atomic mass is 32.1. The van der Waals surface area contributed by atoms with Gasteiger partial charge in [0.1, 0.15) is 0 Å². The van der Waals surface area contributed by atoms with E-state index in [1.54, 1.807) is 0 Å². The third kappa shape index (κ3) is 5.12. The molecule has 3 aromatic rings. The normalized spacial score (nSPS) is 17.2. The van der Waals surface area contributed by atoms with E-state index in [4.69, 9.17) is 4.74 Å². The smallest absolute Gasteiger partial charge is 0.262 e. The molecule has 1 atom stereocenters. The molecule has 4 rings (SSSR count). The van der Waals surface area contributed by atoms with Crippen molar-refractivity contribution >= 4 is 17.2 Å². The molecule has 2 heterocycles. The lowest BCUT2D eigenvalue weighted by molar-refractivity contribution is -0.0292. The number of carbonyl (C=O) groups is 1. The molecule has 5 heteroatoms. The Morgan fingerprint density at radius 2 is 1.93 bits per heavy atom. The van der Waals surface area contributed by atoms with Gasteiger partial charge in [-0.05, 0) is 29.5 Å². The number of hydrogen-bond acceptors (Lipinski definition) is 4. The van der Waals surface area contributed by atoms with E-state index in [0.29, 0.717) is 13.2 Å². The van der Waals surface area contributed by atoms with Gasteiger partial charge >= 0.3 is 0 Å². The zero-order valence-corrected chi connectivity index (χ0v) is 17.5. The minimum atomic E-state index is -0.0284. The van der Waals surface area contributed by atoms with Crippen LogP contribution in [0.25, 0.3) is 11.1 Å². The van der Waals surface area contributed by atoms with Crippen LogP contribution >= 0.6 is 11.3 Å². The van der Waals surface area contributed by atoms with Crippen LogP contribution in [0.1, 0.15) is 20.8 Å². The van der Waals surface area contributed by atoms with Gasteiger partial charge < -0.3 is 10.1 Å². The average Bonchev–Trinajstić information content (AvgIpc) is 3.24. The third-order valence-corrected chi connectivity index (χ3v) is 6.11. The summed E-state index contributed by atoms with van der Waals surface area (Å²) in [6.45, 7) is 5.94. The van der Waals surface area contributed by atoms with Gasteiger partial charge in [0.15, 0.2) is 0 Å². The van der Waals surface area contributed by atoms with Crippen LogP contribution in [-0.4, -0.2) is 43.2 Å². The van der Waals surface area contributed by atoms with Gasteiger partial charge in [0.25, 0.3) is 5.91 Å². The second kappa shape index (κ2) is 9.35. The molecule has 0 spiro atoms. The molecule has 1 aliphatic heterocycles. The Balaban J connectivity index is 1.34. The van der Waals surface area contributed by atoms with Crippen LogP contribution < -0.4 is 5.32 Å². The Bertz CT molecular complexity index is 937. The Morgan fingerprint density at radius 3 is 2.72 bits per heavy atom. The van der Waals surface area contributed by atoms with Gasteiger partial charge in [0.05, 0.1) is 17.6 Å². The highest BCUT2D eigenvalue weighted by molar-refractivity contribution is 7.12. The summed E-state index contributed by atoms with van der Waals surface area (Å²) in [6.07, 6.45) is 0.0131. The van der Waals surface area contributed by atoms with E-state index in [0.717, 1.165) is 35.6 Å². The van der Waals surface area contributed by atoms with Gasteiger partial charge in [-0.15, -0.1) is 11.3 Å². The summed E-state index contributed by atoms with van der Waals surface area (Å²) < 4.78 is 5.89. The van der Waals surface area contributed by atoms with Crippen LogP contribution in [0.5, 0.6) is 0 Å². The maximum atomic E-state index is 12.8. The maximum Gasteiger partial charge on any atom is 0.262 e. The van der Waals surface area contributed by atoms with E-state index >= 15 is 0 Å². The number of hydrogen-bond donors (Lipinski definition) is 1. The predicted octanol–water partition coefficient (Wildman–Crippen LogP) is 4.35. The number of ether oxygens (including phenoxy) is 1. The summed E-state index contributed by atoms with van der Waals surface area (Å²) in [5, 5.41) is 5.06. The first-order valence-electron chi connectivity index (χ1n) is 9.99. The number of amides is 1. The monoisotopic (exact) mass is 406 g/mol. The fourth-order valence-electron chi connectivity index (χ4n) is 3.62. The third-order valence-electron chi connectivity index (χ3n) is 5.20. The van der Waals surface area contributed by atoms with Crippen molar-refractivity contribution < 1.29 is 9.53 Å². The minimum absolute atomic E-state index is 0.0131. The number of morpholine rings is 1. The van der Waals surface area contributed by atoms with Crippen molar-refractivity contribution in [2.24, 2.45) is 0 Å². The zero-order chi connectivity index (χ0) is 20.1.